The Morgan fingerprint density at radius 1 is 1.38 bits per heavy atom. The van der Waals surface area contributed by atoms with Crippen molar-refractivity contribution < 1.29 is 9.53 Å². The maximum atomic E-state index is 12.9. The number of fused-ring (bicyclic) bond motifs is 1. The molecule has 0 radical (unpaired) electrons. The number of methoxy groups -OCH3 is 1. The molecule has 9 heteroatoms. The number of ether oxygens (including phenoxy) is 1. The van der Waals surface area contributed by atoms with Crippen molar-refractivity contribution in [3.8, 4) is 0 Å². The predicted molar refractivity (Wildman–Crippen MR) is 107 cm³/mol. The first-order valence-electron chi connectivity index (χ1n) is 8.06. The van der Waals surface area contributed by atoms with Gasteiger partial charge in [0, 0.05) is 19.9 Å². The zero-order valence-corrected chi connectivity index (χ0v) is 16.0. The zero-order valence-electron chi connectivity index (χ0n) is 14.4. The van der Waals surface area contributed by atoms with Crippen LogP contribution >= 0.6 is 24.0 Å². The number of nitrogens with one attached hydrogen (secondary N) is 1. The van der Waals surface area contributed by atoms with Gasteiger partial charge >= 0.3 is 0 Å². The lowest BCUT2D eigenvalue weighted by Crippen LogP contribution is -2.31. The Morgan fingerprint density at radius 3 is 2.92 bits per heavy atom. The largest absolute Gasteiger partial charge is 0.383 e. The van der Waals surface area contributed by atoms with Crippen molar-refractivity contribution in [1.29, 1.82) is 0 Å². The molecule has 26 heavy (non-hydrogen) atoms. The third-order valence-electron chi connectivity index (χ3n) is 3.78. The Bertz CT molecular complexity index is 955. The van der Waals surface area contributed by atoms with Gasteiger partial charge in [0.05, 0.1) is 23.6 Å². The molecule has 1 saturated heterocycles. The number of thiocarbonyl (C=S) groups is 1. The molecule has 136 valence electrons. The van der Waals surface area contributed by atoms with Crippen LogP contribution in [0.2, 0.25) is 0 Å². The van der Waals surface area contributed by atoms with Gasteiger partial charge in [0.2, 0.25) is 0 Å². The van der Waals surface area contributed by atoms with Crippen molar-refractivity contribution in [1.82, 2.24) is 14.3 Å². The van der Waals surface area contributed by atoms with E-state index in [4.69, 9.17) is 17.0 Å². The van der Waals surface area contributed by atoms with Crippen molar-refractivity contribution in [2.45, 2.75) is 6.92 Å². The van der Waals surface area contributed by atoms with E-state index in [0.29, 0.717) is 46.0 Å². The van der Waals surface area contributed by atoms with Crippen LogP contribution in [0.3, 0.4) is 0 Å². The molecule has 1 amide bonds. The van der Waals surface area contributed by atoms with Crippen LogP contribution in [0.5, 0.6) is 0 Å². The van der Waals surface area contributed by atoms with E-state index in [9.17, 15) is 9.59 Å². The molecule has 0 aliphatic carbocycles. The highest BCUT2D eigenvalue weighted by Crippen LogP contribution is 2.32. The summed E-state index contributed by atoms with van der Waals surface area (Å²) in [6.07, 6.45) is 3.22. The number of aromatic nitrogens is 2. The fourth-order valence-corrected chi connectivity index (χ4v) is 3.83. The maximum absolute atomic E-state index is 12.9. The highest BCUT2D eigenvalue weighted by molar-refractivity contribution is 8.26. The maximum Gasteiger partial charge on any atom is 0.267 e. The van der Waals surface area contributed by atoms with Gasteiger partial charge in [-0.3, -0.25) is 18.9 Å². The summed E-state index contributed by atoms with van der Waals surface area (Å²) in [6, 6.07) is 5.34. The molecule has 0 bridgehead atoms. The molecule has 1 aliphatic rings. The van der Waals surface area contributed by atoms with Crippen molar-refractivity contribution in [2.75, 3.05) is 32.1 Å². The molecule has 1 fully saturated rings. The standard InChI is InChI=1S/C17H18N4O3S2/c1-3-18-14-11(15(22)20-7-5-4-6-13(20)19-14)10-12-16(23)21(8-9-24-2)17(25)26-12/h4-7,10,18H,3,8-9H2,1-2H3. The Hall–Kier alpha value is -2.23. The van der Waals surface area contributed by atoms with Gasteiger partial charge in [-0.1, -0.05) is 30.0 Å². The normalized spacial score (nSPS) is 16.1. The van der Waals surface area contributed by atoms with E-state index in [2.05, 4.69) is 10.3 Å². The summed E-state index contributed by atoms with van der Waals surface area (Å²) < 4.78 is 6.93. The quantitative estimate of drug-likeness (QED) is 0.597. The number of hydrogen-bond acceptors (Lipinski definition) is 7. The summed E-state index contributed by atoms with van der Waals surface area (Å²) in [4.78, 5) is 31.9. The second-order valence-electron chi connectivity index (χ2n) is 5.46. The van der Waals surface area contributed by atoms with E-state index in [1.807, 2.05) is 13.0 Å². The fourth-order valence-electron chi connectivity index (χ4n) is 2.54. The number of hydrogen-bond donors (Lipinski definition) is 1. The Morgan fingerprint density at radius 2 is 2.19 bits per heavy atom. The van der Waals surface area contributed by atoms with Crippen LogP contribution in [0, 0.1) is 0 Å². The highest BCUT2D eigenvalue weighted by Gasteiger charge is 2.32. The van der Waals surface area contributed by atoms with Crippen molar-refractivity contribution >= 4 is 51.7 Å². The van der Waals surface area contributed by atoms with Crippen molar-refractivity contribution in [3.05, 3.63) is 45.2 Å². The molecule has 1 aliphatic heterocycles. The van der Waals surface area contributed by atoms with E-state index < -0.39 is 0 Å². The van der Waals surface area contributed by atoms with Crippen LogP contribution < -0.4 is 10.9 Å². The molecule has 0 aromatic carbocycles. The van der Waals surface area contributed by atoms with Gasteiger partial charge in [-0.15, -0.1) is 0 Å². The smallest absolute Gasteiger partial charge is 0.267 e. The van der Waals surface area contributed by atoms with Gasteiger partial charge in [0.15, 0.2) is 0 Å². The minimum atomic E-state index is -0.242. The lowest BCUT2D eigenvalue weighted by Gasteiger charge is -2.13. The number of thioether (sulfide) groups is 1. The molecule has 2 aromatic heterocycles. The van der Waals surface area contributed by atoms with Crippen molar-refractivity contribution in [3.63, 3.8) is 0 Å². The van der Waals surface area contributed by atoms with Gasteiger partial charge in [-0.2, -0.15) is 0 Å². The molecule has 1 N–H and O–H groups in total. The first-order valence-corrected chi connectivity index (χ1v) is 9.29. The SMILES string of the molecule is CCNc1nc2ccccn2c(=O)c1C=C1SC(=S)N(CCOC)C1=O. The summed E-state index contributed by atoms with van der Waals surface area (Å²) in [7, 11) is 1.57. The number of nitrogens with zero attached hydrogens (tertiary/aromatic N) is 3. The minimum Gasteiger partial charge on any atom is -0.383 e. The van der Waals surface area contributed by atoms with Gasteiger partial charge in [-0.05, 0) is 25.1 Å². The van der Waals surface area contributed by atoms with Crippen LogP contribution in [0.1, 0.15) is 12.5 Å². The zero-order chi connectivity index (χ0) is 18.7. The third-order valence-corrected chi connectivity index (χ3v) is 5.16. The second kappa shape index (κ2) is 7.98. The van der Waals surface area contributed by atoms with Gasteiger partial charge in [0.1, 0.15) is 15.8 Å². The highest BCUT2D eigenvalue weighted by atomic mass is 32.2. The third kappa shape index (κ3) is 3.50. The molecule has 0 saturated carbocycles. The number of carbonyl (C=O) groups excluding carboxylic acids is 1. The molecule has 0 spiro atoms. The summed E-state index contributed by atoms with van der Waals surface area (Å²) in [5.74, 6) is 0.225. The first-order chi connectivity index (χ1) is 12.6. The lowest BCUT2D eigenvalue weighted by molar-refractivity contribution is -0.122. The summed E-state index contributed by atoms with van der Waals surface area (Å²) in [5.41, 5.74) is 0.634. The second-order valence-corrected chi connectivity index (χ2v) is 7.14. The van der Waals surface area contributed by atoms with E-state index in [-0.39, 0.29) is 11.5 Å². The molecular formula is C17H18N4O3S2. The van der Waals surface area contributed by atoms with E-state index >= 15 is 0 Å². The average Bonchev–Trinajstić information content (AvgIpc) is 2.90. The summed E-state index contributed by atoms with van der Waals surface area (Å²) in [6.45, 7) is 3.30. The van der Waals surface area contributed by atoms with E-state index in [1.54, 1.807) is 31.5 Å². The van der Waals surface area contributed by atoms with Crippen LogP contribution in [0.4, 0.5) is 5.82 Å². The fraction of sp³-hybridized carbons (Fsp3) is 0.294. The molecule has 0 atom stereocenters. The van der Waals surface area contributed by atoms with Gasteiger partial charge in [0.25, 0.3) is 11.5 Å². The minimum absolute atomic E-state index is 0.225. The summed E-state index contributed by atoms with van der Waals surface area (Å²) in [5, 5.41) is 3.10. The predicted octanol–water partition coefficient (Wildman–Crippen LogP) is 1.97. The Labute approximate surface area is 160 Å². The molecular weight excluding hydrogens is 372 g/mol. The average molecular weight is 390 g/mol. The first kappa shape index (κ1) is 18.6. The van der Waals surface area contributed by atoms with Crippen molar-refractivity contribution in [2.24, 2.45) is 0 Å². The topological polar surface area (TPSA) is 75.9 Å². The number of amides is 1. The molecule has 7 nitrogen and oxygen atoms in total. The molecule has 3 rings (SSSR count). The van der Waals surface area contributed by atoms with Crippen LogP contribution in [-0.2, 0) is 9.53 Å². The molecule has 0 unspecified atom stereocenters. The molecule has 3 heterocycles. The van der Waals surface area contributed by atoms with E-state index in [0.717, 1.165) is 0 Å². The number of rotatable bonds is 6. The molecule has 2 aromatic rings. The van der Waals surface area contributed by atoms with Gasteiger partial charge in [-0.25, -0.2) is 4.98 Å². The monoisotopic (exact) mass is 390 g/mol. The Balaban J connectivity index is 2.07. The lowest BCUT2D eigenvalue weighted by atomic mass is 10.2. The van der Waals surface area contributed by atoms with Gasteiger partial charge < -0.3 is 10.1 Å². The Kier molecular flexibility index (Phi) is 5.70. The number of carbonyl (C=O) groups is 1. The summed E-state index contributed by atoms with van der Waals surface area (Å²) >= 11 is 6.45. The number of anilines is 1. The number of pyridine rings is 1. The van der Waals surface area contributed by atoms with Crippen LogP contribution in [-0.4, -0.2) is 51.3 Å². The van der Waals surface area contributed by atoms with E-state index in [1.165, 1.54) is 21.1 Å². The van der Waals surface area contributed by atoms with Crippen LogP contribution in [0.15, 0.2) is 34.1 Å². The van der Waals surface area contributed by atoms with Crippen LogP contribution in [0.25, 0.3) is 11.7 Å².